The van der Waals surface area contributed by atoms with Gasteiger partial charge in [0.15, 0.2) is 0 Å². The van der Waals surface area contributed by atoms with Crippen LogP contribution < -0.4 is 4.74 Å². The van der Waals surface area contributed by atoms with Crippen LogP contribution in [0.5, 0.6) is 5.75 Å². The molecular formula is C30H31ClN2O2S. The average Bonchev–Trinajstić information content (AvgIpc) is 3.24. The van der Waals surface area contributed by atoms with E-state index >= 15 is 0 Å². The van der Waals surface area contributed by atoms with Crippen LogP contribution in [0.4, 0.5) is 0 Å². The fraction of sp³-hybridized carbons (Fsp3) is 0.333. The average molecular weight is 519 g/mol. The van der Waals surface area contributed by atoms with Gasteiger partial charge in [0, 0.05) is 45.7 Å². The molecule has 186 valence electrons. The maximum Gasteiger partial charge on any atom is 0.266 e. The van der Waals surface area contributed by atoms with Crippen LogP contribution in [0.1, 0.15) is 53.5 Å². The SMILES string of the molecule is COc1ccc(-c2ccc(C)nc2)cc1CN(C(=O)c1sc2ccccc2c1Cl)C1CCC(C)CC1. The standard InChI is InChI=1S/C30H31ClN2O2S/c1-19-8-13-24(14-9-19)33(30(34)29-28(31)25-6-4-5-7-27(25)36-29)18-23-16-21(12-15-26(23)35-3)22-11-10-20(2)32-17-22/h4-7,10-12,15-17,19,24H,8-9,13-14,18H2,1-3H3. The normalized spacial score (nSPS) is 17.8. The van der Waals surface area contributed by atoms with Gasteiger partial charge in [-0.05, 0) is 68.4 Å². The van der Waals surface area contributed by atoms with Gasteiger partial charge in [-0.1, -0.05) is 48.9 Å². The number of carbonyl (C=O) groups is 1. The number of rotatable bonds is 6. The molecule has 0 atom stereocenters. The highest BCUT2D eigenvalue weighted by atomic mass is 35.5. The minimum Gasteiger partial charge on any atom is -0.496 e. The first-order chi connectivity index (χ1) is 17.4. The molecule has 0 bridgehead atoms. The molecule has 5 rings (SSSR count). The van der Waals surface area contributed by atoms with Gasteiger partial charge in [0.2, 0.25) is 0 Å². The number of halogens is 1. The summed E-state index contributed by atoms with van der Waals surface area (Å²) in [5, 5.41) is 1.50. The number of ether oxygens (including phenoxy) is 1. The van der Waals surface area contributed by atoms with Crippen LogP contribution in [0.25, 0.3) is 21.2 Å². The van der Waals surface area contributed by atoms with E-state index in [1.165, 1.54) is 11.3 Å². The van der Waals surface area contributed by atoms with Crippen molar-refractivity contribution in [3.63, 3.8) is 0 Å². The third kappa shape index (κ3) is 5.00. The lowest BCUT2D eigenvalue weighted by atomic mass is 9.86. The molecule has 4 aromatic rings. The second-order valence-corrected chi connectivity index (χ2v) is 11.2. The summed E-state index contributed by atoms with van der Waals surface area (Å²) in [5.74, 6) is 1.48. The summed E-state index contributed by atoms with van der Waals surface area (Å²) in [6, 6.07) is 18.4. The predicted octanol–water partition coefficient (Wildman–Crippen LogP) is 8.15. The first-order valence-electron chi connectivity index (χ1n) is 12.5. The molecule has 1 amide bonds. The van der Waals surface area contributed by atoms with Crippen LogP contribution in [0.15, 0.2) is 60.8 Å². The first kappa shape index (κ1) is 24.8. The van der Waals surface area contributed by atoms with E-state index in [0.29, 0.717) is 22.4 Å². The summed E-state index contributed by atoms with van der Waals surface area (Å²) in [6.07, 6.45) is 6.14. The predicted molar refractivity (Wildman–Crippen MR) is 149 cm³/mol. The van der Waals surface area contributed by atoms with Crippen molar-refractivity contribution in [2.75, 3.05) is 7.11 Å². The lowest BCUT2D eigenvalue weighted by Gasteiger charge is -2.36. The Morgan fingerprint density at radius 3 is 2.53 bits per heavy atom. The van der Waals surface area contributed by atoms with Gasteiger partial charge < -0.3 is 9.64 Å². The monoisotopic (exact) mass is 518 g/mol. The Kier molecular flexibility index (Phi) is 7.31. The minimum atomic E-state index is 0.00483. The van der Waals surface area contributed by atoms with E-state index in [9.17, 15) is 4.79 Å². The van der Waals surface area contributed by atoms with E-state index in [1.807, 2.05) is 60.5 Å². The fourth-order valence-electron chi connectivity index (χ4n) is 5.11. The van der Waals surface area contributed by atoms with E-state index in [-0.39, 0.29) is 11.9 Å². The minimum absolute atomic E-state index is 0.00483. The summed E-state index contributed by atoms with van der Waals surface area (Å²) in [6.45, 7) is 4.75. The Labute approximate surface area is 221 Å². The lowest BCUT2D eigenvalue weighted by molar-refractivity contribution is 0.0597. The van der Waals surface area contributed by atoms with Crippen LogP contribution in [0.3, 0.4) is 0 Å². The molecule has 1 fully saturated rings. The number of aryl methyl sites for hydroxylation is 1. The molecular weight excluding hydrogens is 488 g/mol. The highest BCUT2D eigenvalue weighted by Crippen LogP contribution is 2.38. The Morgan fingerprint density at radius 1 is 1.08 bits per heavy atom. The van der Waals surface area contributed by atoms with Gasteiger partial charge in [0.1, 0.15) is 10.6 Å². The lowest BCUT2D eigenvalue weighted by Crippen LogP contribution is -2.41. The molecule has 36 heavy (non-hydrogen) atoms. The Bertz CT molecular complexity index is 1370. The van der Waals surface area contributed by atoms with Crippen LogP contribution >= 0.6 is 22.9 Å². The Morgan fingerprint density at radius 2 is 1.83 bits per heavy atom. The second kappa shape index (κ2) is 10.6. The maximum absolute atomic E-state index is 14.1. The van der Waals surface area contributed by atoms with Crippen molar-refractivity contribution in [1.82, 2.24) is 9.88 Å². The van der Waals surface area contributed by atoms with E-state index in [1.54, 1.807) is 7.11 Å². The molecule has 2 aromatic carbocycles. The molecule has 0 radical (unpaired) electrons. The van der Waals surface area contributed by atoms with Crippen LogP contribution in [-0.4, -0.2) is 28.9 Å². The Balaban J connectivity index is 1.53. The molecule has 0 N–H and O–H groups in total. The van der Waals surface area contributed by atoms with Gasteiger partial charge in [-0.3, -0.25) is 9.78 Å². The molecule has 6 heteroatoms. The number of hydrogen-bond acceptors (Lipinski definition) is 4. The number of benzene rings is 2. The van der Waals surface area contributed by atoms with Gasteiger partial charge in [-0.2, -0.15) is 0 Å². The number of thiophene rings is 1. The highest BCUT2D eigenvalue weighted by Gasteiger charge is 2.31. The van der Waals surface area contributed by atoms with Crippen LogP contribution in [-0.2, 0) is 6.54 Å². The molecule has 0 saturated heterocycles. The molecule has 4 nitrogen and oxygen atoms in total. The highest BCUT2D eigenvalue weighted by molar-refractivity contribution is 7.21. The molecule has 0 unspecified atom stereocenters. The van der Waals surface area contributed by atoms with E-state index in [0.717, 1.165) is 63.9 Å². The topological polar surface area (TPSA) is 42.4 Å². The summed E-state index contributed by atoms with van der Waals surface area (Å²) in [5.41, 5.74) is 4.07. The third-order valence-corrected chi connectivity index (χ3v) is 8.95. The van der Waals surface area contributed by atoms with Gasteiger partial charge in [-0.15, -0.1) is 11.3 Å². The molecule has 1 aliphatic rings. The third-order valence-electron chi connectivity index (χ3n) is 7.28. The number of carbonyl (C=O) groups excluding carboxylic acids is 1. The first-order valence-corrected chi connectivity index (χ1v) is 13.7. The summed E-state index contributed by atoms with van der Waals surface area (Å²) in [4.78, 5) is 21.2. The van der Waals surface area contributed by atoms with Crippen molar-refractivity contribution in [2.24, 2.45) is 5.92 Å². The van der Waals surface area contributed by atoms with E-state index in [4.69, 9.17) is 16.3 Å². The van der Waals surface area contributed by atoms with Crippen molar-refractivity contribution in [3.05, 3.63) is 82.0 Å². The fourth-order valence-corrected chi connectivity index (χ4v) is 6.57. The van der Waals surface area contributed by atoms with Gasteiger partial charge in [-0.25, -0.2) is 0 Å². The van der Waals surface area contributed by atoms with E-state index in [2.05, 4.69) is 24.0 Å². The van der Waals surface area contributed by atoms with Crippen molar-refractivity contribution in [1.29, 1.82) is 0 Å². The quantitative estimate of drug-likeness (QED) is 0.258. The molecule has 0 aliphatic heterocycles. The zero-order valence-corrected chi connectivity index (χ0v) is 22.5. The summed E-state index contributed by atoms with van der Waals surface area (Å²) in [7, 11) is 1.68. The Hall–Kier alpha value is -2.89. The smallest absolute Gasteiger partial charge is 0.266 e. The van der Waals surface area contributed by atoms with Gasteiger partial charge in [0.25, 0.3) is 5.91 Å². The zero-order valence-electron chi connectivity index (χ0n) is 21.0. The van der Waals surface area contributed by atoms with Crippen molar-refractivity contribution < 1.29 is 9.53 Å². The molecule has 2 heterocycles. The number of aromatic nitrogens is 1. The number of amides is 1. The molecule has 2 aromatic heterocycles. The summed E-state index contributed by atoms with van der Waals surface area (Å²) < 4.78 is 6.78. The largest absolute Gasteiger partial charge is 0.496 e. The molecule has 0 spiro atoms. The van der Waals surface area contributed by atoms with Crippen LogP contribution in [0.2, 0.25) is 5.02 Å². The number of pyridine rings is 1. The number of hydrogen-bond donors (Lipinski definition) is 0. The summed E-state index contributed by atoms with van der Waals surface area (Å²) >= 11 is 8.25. The maximum atomic E-state index is 14.1. The zero-order chi connectivity index (χ0) is 25.2. The number of fused-ring (bicyclic) bond motifs is 1. The van der Waals surface area contributed by atoms with Crippen molar-refractivity contribution in [2.45, 2.75) is 52.1 Å². The van der Waals surface area contributed by atoms with Crippen LogP contribution in [0, 0.1) is 12.8 Å². The number of nitrogens with zero attached hydrogens (tertiary/aromatic N) is 2. The second-order valence-electron chi connectivity index (χ2n) is 9.80. The van der Waals surface area contributed by atoms with Gasteiger partial charge in [0.05, 0.1) is 12.1 Å². The van der Waals surface area contributed by atoms with E-state index < -0.39 is 0 Å². The molecule has 1 aliphatic carbocycles. The van der Waals surface area contributed by atoms with Crippen molar-refractivity contribution in [3.8, 4) is 16.9 Å². The molecule has 1 saturated carbocycles. The number of methoxy groups -OCH3 is 1. The van der Waals surface area contributed by atoms with Gasteiger partial charge >= 0.3 is 0 Å². The van der Waals surface area contributed by atoms with Crippen molar-refractivity contribution >= 4 is 38.9 Å².